The van der Waals surface area contributed by atoms with Crippen LogP contribution in [0.4, 0.5) is 0 Å². The molecule has 2 saturated heterocycles. The van der Waals surface area contributed by atoms with Crippen LogP contribution in [0, 0.1) is 12.3 Å². The number of aryl methyl sites for hydroxylation is 1. The van der Waals surface area contributed by atoms with Gasteiger partial charge in [0, 0.05) is 38.0 Å². The first-order valence-corrected chi connectivity index (χ1v) is 8.92. The Labute approximate surface area is 148 Å². The number of carbonyl (C=O) groups excluding carboxylic acids is 2. The molecule has 25 heavy (non-hydrogen) atoms. The molecule has 1 aromatic rings. The second-order valence-electron chi connectivity index (χ2n) is 7.34. The number of carbonyl (C=O) groups is 2. The highest BCUT2D eigenvalue weighted by atomic mass is 16.3. The number of benzene rings is 1. The van der Waals surface area contributed by atoms with Gasteiger partial charge in [0.2, 0.25) is 5.91 Å². The van der Waals surface area contributed by atoms with Gasteiger partial charge in [0.05, 0.1) is 12.2 Å². The fourth-order valence-corrected chi connectivity index (χ4v) is 4.14. The zero-order valence-electron chi connectivity index (χ0n) is 14.7. The van der Waals surface area contributed by atoms with Gasteiger partial charge in [-0.05, 0) is 37.8 Å². The third-order valence-corrected chi connectivity index (χ3v) is 5.53. The van der Waals surface area contributed by atoms with Crippen molar-refractivity contribution < 1.29 is 19.8 Å². The molecule has 2 fully saturated rings. The number of aliphatic hydroxyl groups is 1. The van der Waals surface area contributed by atoms with Crippen LogP contribution in [-0.2, 0) is 4.79 Å². The standard InChI is InChI=1S/C19H26N2O4/c1-14-4-2-5-15(17(14)24)18(25)21-9-3-7-19(13-21)8-6-16(23)20(12-19)10-11-22/h2,4-5,22,24H,3,6-13H2,1H3/t19-/m0/s1. The Bertz CT molecular complexity index is 675. The number of phenols is 1. The first-order chi connectivity index (χ1) is 12.0. The summed E-state index contributed by atoms with van der Waals surface area (Å²) in [6.45, 7) is 3.95. The second kappa shape index (κ2) is 7.04. The average molecular weight is 346 g/mol. The molecule has 0 bridgehead atoms. The first kappa shape index (κ1) is 17.7. The van der Waals surface area contributed by atoms with Crippen LogP contribution in [0.2, 0.25) is 0 Å². The average Bonchev–Trinajstić information content (AvgIpc) is 2.61. The number of rotatable bonds is 3. The minimum Gasteiger partial charge on any atom is -0.507 e. The summed E-state index contributed by atoms with van der Waals surface area (Å²) in [6, 6.07) is 5.22. The van der Waals surface area contributed by atoms with E-state index in [0.29, 0.717) is 43.7 Å². The number of aromatic hydroxyl groups is 1. The molecule has 0 saturated carbocycles. The van der Waals surface area contributed by atoms with E-state index in [1.54, 1.807) is 30.0 Å². The van der Waals surface area contributed by atoms with Crippen molar-refractivity contribution in [3.8, 4) is 5.75 Å². The number of nitrogens with zero attached hydrogens (tertiary/aromatic N) is 2. The molecule has 0 radical (unpaired) electrons. The van der Waals surface area contributed by atoms with Crippen molar-refractivity contribution in [1.29, 1.82) is 0 Å². The van der Waals surface area contributed by atoms with Crippen molar-refractivity contribution in [3.63, 3.8) is 0 Å². The fraction of sp³-hybridized carbons (Fsp3) is 0.579. The predicted molar refractivity (Wildman–Crippen MR) is 93.3 cm³/mol. The quantitative estimate of drug-likeness (QED) is 0.870. The lowest BCUT2D eigenvalue weighted by atomic mass is 9.73. The molecule has 0 aromatic heterocycles. The summed E-state index contributed by atoms with van der Waals surface area (Å²) in [6.07, 6.45) is 3.11. The summed E-state index contributed by atoms with van der Waals surface area (Å²) in [5.41, 5.74) is 0.933. The van der Waals surface area contributed by atoms with Crippen LogP contribution in [0.3, 0.4) is 0 Å². The SMILES string of the molecule is Cc1cccc(C(=O)N2CCC[C@@]3(CCC(=O)N(CCO)C3)C2)c1O. The molecule has 2 N–H and O–H groups in total. The Hall–Kier alpha value is -2.08. The van der Waals surface area contributed by atoms with Gasteiger partial charge in [-0.15, -0.1) is 0 Å². The zero-order chi connectivity index (χ0) is 18.0. The van der Waals surface area contributed by atoms with E-state index in [0.717, 1.165) is 19.3 Å². The molecule has 2 aliphatic rings. The van der Waals surface area contributed by atoms with Crippen molar-refractivity contribution in [2.24, 2.45) is 5.41 Å². The van der Waals surface area contributed by atoms with Crippen molar-refractivity contribution in [2.75, 3.05) is 32.8 Å². The Kier molecular flexibility index (Phi) is 4.99. The monoisotopic (exact) mass is 346 g/mol. The van der Waals surface area contributed by atoms with Gasteiger partial charge >= 0.3 is 0 Å². The summed E-state index contributed by atoms with van der Waals surface area (Å²) in [4.78, 5) is 28.5. The molecule has 0 unspecified atom stereocenters. The lowest BCUT2D eigenvalue weighted by molar-refractivity contribution is -0.139. The second-order valence-corrected chi connectivity index (χ2v) is 7.34. The Morgan fingerprint density at radius 2 is 2.08 bits per heavy atom. The van der Waals surface area contributed by atoms with E-state index in [1.165, 1.54) is 0 Å². The molecule has 6 heteroatoms. The van der Waals surface area contributed by atoms with Crippen LogP contribution in [0.1, 0.15) is 41.6 Å². The molecule has 1 atom stereocenters. The third kappa shape index (κ3) is 3.49. The van der Waals surface area contributed by atoms with E-state index in [4.69, 9.17) is 0 Å². The molecule has 2 amide bonds. The van der Waals surface area contributed by atoms with E-state index in [9.17, 15) is 19.8 Å². The van der Waals surface area contributed by atoms with E-state index < -0.39 is 0 Å². The highest BCUT2D eigenvalue weighted by Gasteiger charge is 2.42. The topological polar surface area (TPSA) is 81.1 Å². The molecule has 6 nitrogen and oxygen atoms in total. The Balaban J connectivity index is 1.78. The van der Waals surface area contributed by atoms with E-state index >= 15 is 0 Å². The highest BCUT2D eigenvalue weighted by Crippen LogP contribution is 2.39. The van der Waals surface area contributed by atoms with Gasteiger partial charge in [0.15, 0.2) is 0 Å². The summed E-state index contributed by atoms with van der Waals surface area (Å²) in [5.74, 6) is -0.0156. The third-order valence-electron chi connectivity index (χ3n) is 5.53. The van der Waals surface area contributed by atoms with Gasteiger partial charge in [-0.2, -0.15) is 0 Å². The lowest BCUT2D eigenvalue weighted by Crippen LogP contribution is -2.55. The van der Waals surface area contributed by atoms with Crippen molar-refractivity contribution in [2.45, 2.75) is 32.6 Å². The molecule has 1 spiro atoms. The van der Waals surface area contributed by atoms with Gasteiger partial charge in [0.1, 0.15) is 5.75 Å². The molecule has 0 aliphatic carbocycles. The normalized spacial score (nSPS) is 24.0. The molecule has 1 aromatic carbocycles. The van der Waals surface area contributed by atoms with E-state index in [2.05, 4.69) is 0 Å². The fourth-order valence-electron chi connectivity index (χ4n) is 4.14. The molecule has 3 rings (SSSR count). The molecule has 136 valence electrons. The Morgan fingerprint density at radius 3 is 2.84 bits per heavy atom. The number of para-hydroxylation sites is 1. The number of hydrogen-bond donors (Lipinski definition) is 2. The minimum absolute atomic E-state index is 0.0401. The molecule has 2 aliphatic heterocycles. The van der Waals surface area contributed by atoms with Gasteiger partial charge < -0.3 is 20.0 Å². The minimum atomic E-state index is -0.147. The summed E-state index contributed by atoms with van der Waals surface area (Å²) in [7, 11) is 0. The number of phenolic OH excluding ortho intramolecular Hbond substituents is 1. The number of likely N-dealkylation sites (tertiary alicyclic amines) is 2. The lowest BCUT2D eigenvalue weighted by Gasteiger charge is -2.48. The number of hydrogen-bond acceptors (Lipinski definition) is 4. The molecular formula is C19H26N2O4. The van der Waals surface area contributed by atoms with Crippen LogP contribution < -0.4 is 0 Å². The van der Waals surface area contributed by atoms with Gasteiger partial charge in [0.25, 0.3) is 5.91 Å². The van der Waals surface area contributed by atoms with Crippen LogP contribution in [0.25, 0.3) is 0 Å². The highest BCUT2D eigenvalue weighted by molar-refractivity contribution is 5.97. The zero-order valence-corrected chi connectivity index (χ0v) is 14.7. The first-order valence-electron chi connectivity index (χ1n) is 8.92. The number of β-amino-alcohol motifs (C(OH)–C–C–N with tert-alkyl or cyclic N) is 1. The summed E-state index contributed by atoms with van der Waals surface area (Å²) < 4.78 is 0. The Morgan fingerprint density at radius 1 is 1.28 bits per heavy atom. The largest absolute Gasteiger partial charge is 0.507 e. The maximum Gasteiger partial charge on any atom is 0.257 e. The smallest absolute Gasteiger partial charge is 0.257 e. The van der Waals surface area contributed by atoms with Crippen molar-refractivity contribution >= 4 is 11.8 Å². The number of aliphatic hydroxyl groups excluding tert-OH is 1. The van der Waals surface area contributed by atoms with E-state index in [-0.39, 0.29) is 29.6 Å². The van der Waals surface area contributed by atoms with E-state index in [1.807, 2.05) is 4.90 Å². The summed E-state index contributed by atoms with van der Waals surface area (Å²) in [5, 5.41) is 19.4. The van der Waals surface area contributed by atoms with Crippen LogP contribution in [0.5, 0.6) is 5.75 Å². The maximum absolute atomic E-state index is 12.9. The van der Waals surface area contributed by atoms with Gasteiger partial charge in [-0.25, -0.2) is 0 Å². The van der Waals surface area contributed by atoms with Crippen molar-refractivity contribution in [3.05, 3.63) is 29.3 Å². The number of amides is 2. The van der Waals surface area contributed by atoms with Gasteiger partial charge in [-0.1, -0.05) is 12.1 Å². The van der Waals surface area contributed by atoms with Crippen LogP contribution in [-0.4, -0.2) is 64.6 Å². The van der Waals surface area contributed by atoms with Crippen molar-refractivity contribution in [1.82, 2.24) is 9.80 Å². The molecule has 2 heterocycles. The molecular weight excluding hydrogens is 320 g/mol. The summed E-state index contributed by atoms with van der Waals surface area (Å²) >= 11 is 0. The van der Waals surface area contributed by atoms with Crippen LogP contribution >= 0.6 is 0 Å². The predicted octanol–water partition coefficient (Wildman–Crippen LogP) is 1.54. The maximum atomic E-state index is 12.9. The van der Waals surface area contributed by atoms with Crippen LogP contribution in [0.15, 0.2) is 18.2 Å². The van der Waals surface area contributed by atoms with Gasteiger partial charge in [-0.3, -0.25) is 9.59 Å². The number of piperidine rings is 2.